The molecule has 1 aliphatic heterocycles. The molecule has 4 aromatic rings. The molecule has 1 saturated heterocycles. The maximum Gasteiger partial charge on any atom is 0.322 e. The third kappa shape index (κ3) is 3.68. The van der Waals surface area contributed by atoms with Crippen molar-refractivity contribution >= 4 is 22.8 Å². The smallest absolute Gasteiger partial charge is 0.322 e. The van der Waals surface area contributed by atoms with Crippen LogP contribution < -0.4 is 5.32 Å². The Labute approximate surface area is 181 Å². The van der Waals surface area contributed by atoms with Gasteiger partial charge in [0, 0.05) is 18.2 Å². The highest BCUT2D eigenvalue weighted by Crippen LogP contribution is 2.35. The molecule has 2 heterocycles. The van der Waals surface area contributed by atoms with Crippen LogP contribution in [0, 0.1) is 17.5 Å². The number of halogens is 3. The molecule has 1 atom stereocenters. The van der Waals surface area contributed by atoms with E-state index in [1.54, 1.807) is 36.4 Å². The van der Waals surface area contributed by atoms with E-state index in [-0.39, 0.29) is 11.5 Å². The molecule has 5 nitrogen and oxygen atoms in total. The first kappa shape index (κ1) is 20.1. The van der Waals surface area contributed by atoms with Gasteiger partial charge in [-0.2, -0.15) is 0 Å². The maximum atomic E-state index is 14.2. The Hall–Kier alpha value is -3.81. The summed E-state index contributed by atoms with van der Waals surface area (Å²) < 4.78 is 47.1. The van der Waals surface area contributed by atoms with Crippen LogP contribution in [-0.2, 0) is 0 Å². The molecule has 0 saturated carbocycles. The fraction of sp³-hybridized carbons (Fsp3) is 0.167. The molecule has 0 unspecified atom stereocenters. The number of amides is 2. The second kappa shape index (κ2) is 8.03. The van der Waals surface area contributed by atoms with Gasteiger partial charge in [-0.15, -0.1) is 0 Å². The molecule has 5 rings (SSSR count). The number of fused-ring (bicyclic) bond motifs is 1. The normalized spacial score (nSPS) is 16.0. The zero-order chi connectivity index (χ0) is 22.2. The Bertz CT molecular complexity index is 1320. The van der Waals surface area contributed by atoms with Crippen molar-refractivity contribution in [2.45, 2.75) is 18.9 Å². The molecule has 1 fully saturated rings. The molecule has 1 aliphatic rings. The highest BCUT2D eigenvalue weighted by atomic mass is 19.1. The first-order valence-corrected chi connectivity index (χ1v) is 10.2. The van der Waals surface area contributed by atoms with Gasteiger partial charge in [-0.1, -0.05) is 24.3 Å². The minimum absolute atomic E-state index is 0.103. The number of anilines is 1. The van der Waals surface area contributed by atoms with E-state index in [1.165, 1.54) is 17.0 Å². The largest absolute Gasteiger partial charge is 0.438 e. The lowest BCUT2D eigenvalue weighted by Crippen LogP contribution is -2.34. The molecule has 3 aromatic carbocycles. The van der Waals surface area contributed by atoms with Crippen LogP contribution in [0.25, 0.3) is 22.2 Å². The number of rotatable bonds is 3. The minimum atomic E-state index is -0.850. The van der Waals surface area contributed by atoms with Crippen molar-refractivity contribution in [2.24, 2.45) is 0 Å². The number of likely N-dealkylation sites (tertiary alicyclic amines) is 1. The summed E-state index contributed by atoms with van der Waals surface area (Å²) in [5.41, 5.74) is 2.11. The quantitative estimate of drug-likeness (QED) is 0.410. The summed E-state index contributed by atoms with van der Waals surface area (Å²) >= 11 is 0. The average molecular weight is 437 g/mol. The summed E-state index contributed by atoms with van der Waals surface area (Å²) in [5, 5.41) is 2.48. The van der Waals surface area contributed by atoms with E-state index in [4.69, 9.17) is 4.42 Å². The van der Waals surface area contributed by atoms with Gasteiger partial charge in [0.25, 0.3) is 0 Å². The Morgan fingerprint density at radius 1 is 1.03 bits per heavy atom. The molecule has 32 heavy (non-hydrogen) atoms. The van der Waals surface area contributed by atoms with Gasteiger partial charge in [0.2, 0.25) is 5.89 Å². The number of aromatic nitrogens is 1. The molecular weight excluding hydrogens is 419 g/mol. The number of urea groups is 1. The number of oxazole rings is 1. The Morgan fingerprint density at radius 3 is 2.69 bits per heavy atom. The minimum Gasteiger partial charge on any atom is -0.438 e. The van der Waals surface area contributed by atoms with Crippen LogP contribution in [0.5, 0.6) is 0 Å². The van der Waals surface area contributed by atoms with Gasteiger partial charge in [-0.05, 0) is 48.7 Å². The molecule has 8 heteroatoms. The van der Waals surface area contributed by atoms with Crippen molar-refractivity contribution in [3.63, 3.8) is 0 Å². The first-order valence-electron chi connectivity index (χ1n) is 10.2. The summed E-state index contributed by atoms with van der Waals surface area (Å²) in [6, 6.07) is 13.7. The van der Waals surface area contributed by atoms with E-state index >= 15 is 0 Å². The molecule has 162 valence electrons. The Balaban J connectivity index is 1.41. The van der Waals surface area contributed by atoms with Gasteiger partial charge in [0.05, 0.1) is 5.69 Å². The lowest BCUT2D eigenvalue weighted by atomic mass is 10.0. The number of carbonyl (C=O) groups is 1. The summed E-state index contributed by atoms with van der Waals surface area (Å²) in [6.45, 7) is 0.443. The standard InChI is InChI=1S/C24H18F3N3O2/c25-15-8-9-19(18(27)13-15)29-24(31)30-11-3-6-21(30)23-28-20-12-14(7-10-22(20)32-23)16-4-1-2-5-17(16)26/h1-2,4-5,7-10,12-13,21H,3,6,11H2,(H,29,31)/t21-/m1/s1. The van der Waals surface area contributed by atoms with Gasteiger partial charge < -0.3 is 14.6 Å². The Morgan fingerprint density at radius 2 is 1.88 bits per heavy atom. The van der Waals surface area contributed by atoms with Crippen LogP contribution in [0.2, 0.25) is 0 Å². The van der Waals surface area contributed by atoms with Gasteiger partial charge in [0.1, 0.15) is 29.0 Å². The molecule has 0 radical (unpaired) electrons. The van der Waals surface area contributed by atoms with Crippen LogP contribution in [0.4, 0.5) is 23.7 Å². The highest BCUT2D eigenvalue weighted by molar-refractivity contribution is 5.90. The van der Waals surface area contributed by atoms with Crippen molar-refractivity contribution < 1.29 is 22.4 Å². The summed E-state index contributed by atoms with van der Waals surface area (Å²) in [5.74, 6) is -1.54. The van der Waals surface area contributed by atoms with E-state index in [0.717, 1.165) is 12.5 Å². The molecule has 0 bridgehead atoms. The van der Waals surface area contributed by atoms with Crippen molar-refractivity contribution in [3.8, 4) is 11.1 Å². The molecule has 0 spiro atoms. The van der Waals surface area contributed by atoms with Crippen molar-refractivity contribution in [2.75, 3.05) is 11.9 Å². The SMILES string of the molecule is O=C(Nc1ccc(F)cc1F)N1CCC[C@@H]1c1nc2cc(-c3ccccc3F)ccc2o1. The third-order valence-corrected chi connectivity index (χ3v) is 5.56. The number of nitrogens with zero attached hydrogens (tertiary/aromatic N) is 2. The highest BCUT2D eigenvalue weighted by Gasteiger charge is 2.34. The number of hydrogen-bond acceptors (Lipinski definition) is 3. The molecule has 1 aromatic heterocycles. The summed E-state index contributed by atoms with van der Waals surface area (Å²) in [4.78, 5) is 18.8. The third-order valence-electron chi connectivity index (χ3n) is 5.56. The monoisotopic (exact) mass is 437 g/mol. The van der Waals surface area contributed by atoms with Gasteiger partial charge in [-0.25, -0.2) is 22.9 Å². The maximum absolute atomic E-state index is 14.2. The van der Waals surface area contributed by atoms with Crippen LogP contribution in [0.3, 0.4) is 0 Å². The number of nitrogens with one attached hydrogen (secondary N) is 1. The van der Waals surface area contributed by atoms with E-state index in [2.05, 4.69) is 10.3 Å². The van der Waals surface area contributed by atoms with E-state index in [9.17, 15) is 18.0 Å². The zero-order valence-corrected chi connectivity index (χ0v) is 16.8. The second-order valence-corrected chi connectivity index (χ2v) is 7.62. The van der Waals surface area contributed by atoms with E-state index in [1.807, 2.05) is 0 Å². The number of benzene rings is 3. The van der Waals surface area contributed by atoms with Crippen molar-refractivity contribution in [3.05, 3.63) is 84.0 Å². The van der Waals surface area contributed by atoms with Crippen molar-refractivity contribution in [1.82, 2.24) is 9.88 Å². The van der Waals surface area contributed by atoms with E-state index < -0.39 is 23.7 Å². The number of hydrogen-bond donors (Lipinski definition) is 1. The summed E-state index contributed by atoms with van der Waals surface area (Å²) in [6.07, 6.45) is 1.36. The van der Waals surface area contributed by atoms with Crippen LogP contribution >= 0.6 is 0 Å². The van der Waals surface area contributed by atoms with Crippen LogP contribution in [0.15, 0.2) is 65.1 Å². The van der Waals surface area contributed by atoms with Gasteiger partial charge in [0.15, 0.2) is 5.58 Å². The van der Waals surface area contributed by atoms with Crippen molar-refractivity contribution in [1.29, 1.82) is 0 Å². The average Bonchev–Trinajstić information content (AvgIpc) is 3.42. The fourth-order valence-corrected chi connectivity index (χ4v) is 4.00. The Kier molecular flexibility index (Phi) is 5.05. The van der Waals surface area contributed by atoms with Gasteiger partial charge >= 0.3 is 6.03 Å². The fourth-order valence-electron chi connectivity index (χ4n) is 4.00. The second-order valence-electron chi connectivity index (χ2n) is 7.62. The number of carbonyl (C=O) groups excluding carboxylic acids is 1. The lowest BCUT2D eigenvalue weighted by molar-refractivity contribution is 0.198. The lowest BCUT2D eigenvalue weighted by Gasteiger charge is -2.22. The van der Waals surface area contributed by atoms with E-state index in [0.29, 0.717) is 47.1 Å². The van der Waals surface area contributed by atoms with Gasteiger partial charge in [-0.3, -0.25) is 0 Å². The molecule has 2 amide bonds. The first-order chi connectivity index (χ1) is 15.5. The molecular formula is C24H18F3N3O2. The van der Waals surface area contributed by atoms with Crippen LogP contribution in [-0.4, -0.2) is 22.5 Å². The predicted octanol–water partition coefficient (Wildman–Crippen LogP) is 6.28. The molecule has 0 aliphatic carbocycles. The van der Waals surface area contributed by atoms with Crippen LogP contribution in [0.1, 0.15) is 24.8 Å². The predicted molar refractivity (Wildman–Crippen MR) is 113 cm³/mol. The summed E-state index contributed by atoms with van der Waals surface area (Å²) in [7, 11) is 0. The topological polar surface area (TPSA) is 58.4 Å². The zero-order valence-electron chi connectivity index (χ0n) is 16.8. The molecule has 1 N–H and O–H groups in total.